The summed E-state index contributed by atoms with van der Waals surface area (Å²) >= 11 is 5.54. The highest BCUT2D eigenvalue weighted by molar-refractivity contribution is 6.30. The molecule has 158 valence electrons. The molecule has 1 aliphatic heterocycles. The number of aromatic amines is 1. The van der Waals surface area contributed by atoms with Crippen LogP contribution in [0.4, 0.5) is 5.82 Å². The first-order valence-corrected chi connectivity index (χ1v) is 10.5. The number of rotatable bonds is 5. The number of nitrogens with zero attached hydrogens (tertiary/aromatic N) is 4. The van der Waals surface area contributed by atoms with Gasteiger partial charge < -0.3 is 10.2 Å². The molecule has 0 aliphatic carbocycles. The van der Waals surface area contributed by atoms with E-state index in [1.807, 2.05) is 61.5 Å². The van der Waals surface area contributed by atoms with Crippen LogP contribution in [-0.4, -0.2) is 50.6 Å². The van der Waals surface area contributed by atoms with Crippen LogP contribution in [0.5, 0.6) is 0 Å². The molecular weight excluding hydrogens is 400 g/mol. The second kappa shape index (κ2) is 10.7. The third-order valence-corrected chi connectivity index (χ3v) is 5.22. The molecule has 7 nitrogen and oxygen atoms in total. The van der Waals surface area contributed by atoms with Crippen molar-refractivity contribution in [3.63, 3.8) is 0 Å². The average Bonchev–Trinajstić information content (AvgIpc) is 3.46. The van der Waals surface area contributed by atoms with Gasteiger partial charge in [-0.1, -0.05) is 29.8 Å². The van der Waals surface area contributed by atoms with Gasteiger partial charge in [-0.2, -0.15) is 5.10 Å². The van der Waals surface area contributed by atoms with Gasteiger partial charge in [0.1, 0.15) is 5.82 Å². The molecule has 2 N–H and O–H groups in total. The number of carbonyl (C=O) groups excluding carboxylic acids is 1. The molecule has 0 bridgehead atoms. The first-order chi connectivity index (χ1) is 14.5. The van der Waals surface area contributed by atoms with Crippen LogP contribution < -0.4 is 5.32 Å². The Morgan fingerprint density at radius 2 is 1.90 bits per heavy atom. The van der Waals surface area contributed by atoms with Gasteiger partial charge in [-0.3, -0.25) is 9.89 Å². The fraction of sp³-hybridized carbons (Fsp3) is 0.364. The van der Waals surface area contributed by atoms with Gasteiger partial charge in [-0.05, 0) is 50.8 Å². The average molecular weight is 427 g/mol. The monoisotopic (exact) mass is 426 g/mol. The van der Waals surface area contributed by atoms with Gasteiger partial charge in [-0.25, -0.2) is 9.97 Å². The fourth-order valence-electron chi connectivity index (χ4n) is 3.11. The predicted octanol–water partition coefficient (Wildman–Crippen LogP) is 4.05. The third kappa shape index (κ3) is 6.03. The molecule has 0 unspecified atom stereocenters. The molecule has 2 aromatic heterocycles. The fourth-order valence-corrected chi connectivity index (χ4v) is 3.26. The highest BCUT2D eigenvalue weighted by Gasteiger charge is 2.23. The molecule has 1 fully saturated rings. The molecular formula is C22H27ClN6O. The number of anilines is 1. The summed E-state index contributed by atoms with van der Waals surface area (Å²) in [4.78, 5) is 23.2. The lowest BCUT2D eigenvalue weighted by Crippen LogP contribution is -2.30. The summed E-state index contributed by atoms with van der Waals surface area (Å²) in [6, 6.07) is 9.44. The van der Waals surface area contributed by atoms with Crippen LogP contribution in [0, 0.1) is 13.8 Å². The minimum Gasteiger partial charge on any atom is -0.369 e. The maximum absolute atomic E-state index is 12.5. The maximum Gasteiger partial charge on any atom is 0.291 e. The van der Waals surface area contributed by atoms with Crippen LogP contribution in [0.3, 0.4) is 0 Å². The van der Waals surface area contributed by atoms with Crippen LogP contribution >= 0.6 is 11.6 Å². The van der Waals surface area contributed by atoms with Crippen molar-refractivity contribution in [3.8, 4) is 0 Å². The minimum atomic E-state index is -0.0662. The molecule has 1 amide bonds. The summed E-state index contributed by atoms with van der Waals surface area (Å²) in [6.45, 7) is 6.23. The molecule has 8 heteroatoms. The zero-order valence-electron chi connectivity index (χ0n) is 17.4. The molecule has 4 rings (SSSR count). The molecule has 0 spiro atoms. The normalized spacial score (nSPS) is 13.0. The van der Waals surface area contributed by atoms with E-state index in [1.165, 1.54) is 0 Å². The number of halogens is 1. The minimum absolute atomic E-state index is 0.0662. The summed E-state index contributed by atoms with van der Waals surface area (Å²) in [6.07, 6.45) is 6.65. The van der Waals surface area contributed by atoms with Gasteiger partial charge in [0, 0.05) is 42.1 Å². The Hall–Kier alpha value is -2.93. The highest BCUT2D eigenvalue weighted by Crippen LogP contribution is 2.17. The molecule has 0 radical (unpaired) electrons. The van der Waals surface area contributed by atoms with Crippen LogP contribution in [0.15, 0.2) is 42.7 Å². The van der Waals surface area contributed by atoms with Crippen LogP contribution in [0.25, 0.3) is 0 Å². The summed E-state index contributed by atoms with van der Waals surface area (Å²) in [5, 5.41) is 10.8. The standard InChI is InChI=1S/C16H22N6O.C6H5Cl/c1-11-12(2)20-15(16(23)22-7-3-4-8-22)21-14(11)17-6-5-13-9-18-19-10-13;7-6-4-2-1-3-5-6/h9-10H,3-8H2,1-2H3,(H,18,19)(H,17,20,21);1-5H. The highest BCUT2D eigenvalue weighted by atomic mass is 35.5. The number of nitrogens with one attached hydrogen (secondary N) is 2. The number of likely N-dealkylation sites (tertiary alicyclic amines) is 1. The Bertz CT molecular complexity index is 940. The lowest BCUT2D eigenvalue weighted by atomic mass is 10.2. The Labute approximate surface area is 181 Å². The Morgan fingerprint density at radius 3 is 2.50 bits per heavy atom. The molecule has 3 aromatic rings. The van der Waals surface area contributed by atoms with Crippen LogP contribution in [0.1, 0.15) is 40.3 Å². The zero-order chi connectivity index (χ0) is 21.3. The number of aryl methyl sites for hydroxylation is 1. The molecule has 1 saturated heterocycles. The van der Waals surface area contributed by atoms with E-state index < -0.39 is 0 Å². The molecule has 1 aliphatic rings. The number of hydrogen-bond acceptors (Lipinski definition) is 5. The molecule has 0 atom stereocenters. The summed E-state index contributed by atoms with van der Waals surface area (Å²) in [5.74, 6) is 0.966. The third-order valence-electron chi connectivity index (χ3n) is 4.97. The molecule has 3 heterocycles. The van der Waals surface area contributed by atoms with Crippen molar-refractivity contribution in [2.24, 2.45) is 0 Å². The molecule has 30 heavy (non-hydrogen) atoms. The first kappa shape index (κ1) is 21.8. The largest absolute Gasteiger partial charge is 0.369 e. The number of hydrogen-bond donors (Lipinski definition) is 2. The molecule has 1 aromatic carbocycles. The van der Waals surface area contributed by atoms with E-state index in [1.54, 1.807) is 0 Å². The number of benzene rings is 1. The van der Waals surface area contributed by atoms with Crippen molar-refractivity contribution in [1.82, 2.24) is 25.1 Å². The second-order valence-corrected chi connectivity index (χ2v) is 7.62. The van der Waals surface area contributed by atoms with Crippen molar-refractivity contribution in [2.75, 3.05) is 25.0 Å². The van der Waals surface area contributed by atoms with Crippen LogP contribution in [-0.2, 0) is 6.42 Å². The van der Waals surface area contributed by atoms with Gasteiger partial charge in [0.2, 0.25) is 5.82 Å². The van der Waals surface area contributed by atoms with Crippen molar-refractivity contribution >= 4 is 23.3 Å². The molecule has 0 saturated carbocycles. The quantitative estimate of drug-likeness (QED) is 0.642. The van der Waals surface area contributed by atoms with Gasteiger partial charge in [0.25, 0.3) is 5.91 Å². The number of H-pyrrole nitrogens is 1. The number of amides is 1. The van der Waals surface area contributed by atoms with Crippen molar-refractivity contribution in [3.05, 3.63) is 70.4 Å². The summed E-state index contributed by atoms with van der Waals surface area (Å²) in [5.41, 5.74) is 2.96. The number of carbonyl (C=O) groups is 1. The van der Waals surface area contributed by atoms with E-state index in [9.17, 15) is 4.79 Å². The van der Waals surface area contributed by atoms with E-state index in [4.69, 9.17) is 11.6 Å². The van der Waals surface area contributed by atoms with Crippen LogP contribution in [0.2, 0.25) is 5.02 Å². The Kier molecular flexibility index (Phi) is 7.79. The predicted molar refractivity (Wildman–Crippen MR) is 119 cm³/mol. The topological polar surface area (TPSA) is 86.8 Å². The maximum atomic E-state index is 12.5. The van der Waals surface area contributed by atoms with Crippen molar-refractivity contribution in [2.45, 2.75) is 33.1 Å². The van der Waals surface area contributed by atoms with Crippen molar-refractivity contribution in [1.29, 1.82) is 0 Å². The van der Waals surface area contributed by atoms with E-state index in [-0.39, 0.29) is 5.91 Å². The Balaban J connectivity index is 0.000000310. The second-order valence-electron chi connectivity index (χ2n) is 7.18. The number of aromatic nitrogens is 4. The first-order valence-electron chi connectivity index (χ1n) is 10.1. The van der Waals surface area contributed by atoms with E-state index in [2.05, 4.69) is 25.5 Å². The van der Waals surface area contributed by atoms with Gasteiger partial charge in [-0.15, -0.1) is 0 Å². The lowest BCUT2D eigenvalue weighted by molar-refractivity contribution is 0.0780. The zero-order valence-corrected chi connectivity index (χ0v) is 18.1. The van der Waals surface area contributed by atoms with Crippen molar-refractivity contribution < 1.29 is 4.79 Å². The van der Waals surface area contributed by atoms with E-state index in [0.29, 0.717) is 5.82 Å². The summed E-state index contributed by atoms with van der Waals surface area (Å²) < 4.78 is 0. The van der Waals surface area contributed by atoms with Gasteiger partial charge in [0.15, 0.2) is 0 Å². The lowest BCUT2D eigenvalue weighted by Gasteiger charge is -2.16. The van der Waals surface area contributed by atoms with Gasteiger partial charge >= 0.3 is 0 Å². The SMILES string of the molecule is Cc1nc(C(=O)N2CCCC2)nc(NCCc2cn[nH]c2)c1C.Clc1ccccc1. The van der Waals surface area contributed by atoms with E-state index >= 15 is 0 Å². The smallest absolute Gasteiger partial charge is 0.291 e. The summed E-state index contributed by atoms with van der Waals surface area (Å²) in [7, 11) is 0. The van der Waals surface area contributed by atoms with Gasteiger partial charge in [0.05, 0.1) is 6.20 Å². The Morgan fingerprint density at radius 1 is 1.17 bits per heavy atom. The van der Waals surface area contributed by atoms with E-state index in [0.717, 1.165) is 66.6 Å².